The van der Waals surface area contributed by atoms with Crippen LogP contribution in [0.15, 0.2) is 65.2 Å². The minimum absolute atomic E-state index is 0.0246. The van der Waals surface area contributed by atoms with Crippen molar-refractivity contribution >= 4 is 11.6 Å². The van der Waals surface area contributed by atoms with E-state index in [-0.39, 0.29) is 5.91 Å². The Labute approximate surface area is 153 Å². The number of aryl methyl sites for hydroxylation is 1. The van der Waals surface area contributed by atoms with Crippen LogP contribution in [0.1, 0.15) is 24.3 Å². The predicted octanol–water partition coefficient (Wildman–Crippen LogP) is 4.45. The molecule has 1 heterocycles. The fraction of sp³-hybridized carbons (Fsp3) is 0.238. The molecule has 2 aromatic carbocycles. The number of oxazole rings is 1. The molecule has 0 saturated carbocycles. The Morgan fingerprint density at radius 3 is 2.69 bits per heavy atom. The molecule has 0 saturated heterocycles. The van der Waals surface area contributed by atoms with E-state index in [1.807, 2.05) is 54.6 Å². The molecule has 3 aromatic rings. The van der Waals surface area contributed by atoms with Crippen molar-refractivity contribution in [1.82, 2.24) is 4.98 Å². The molecule has 134 valence electrons. The van der Waals surface area contributed by atoms with Crippen molar-refractivity contribution in [3.05, 3.63) is 72.2 Å². The van der Waals surface area contributed by atoms with Crippen molar-refractivity contribution in [3.63, 3.8) is 0 Å². The maximum Gasteiger partial charge on any atom is 0.224 e. The van der Waals surface area contributed by atoms with Gasteiger partial charge in [-0.25, -0.2) is 4.98 Å². The maximum absolute atomic E-state index is 12.2. The molecule has 0 spiro atoms. The van der Waals surface area contributed by atoms with Gasteiger partial charge in [0.1, 0.15) is 0 Å². The summed E-state index contributed by atoms with van der Waals surface area (Å²) >= 11 is 0. The van der Waals surface area contributed by atoms with Gasteiger partial charge in [0.05, 0.1) is 12.8 Å². The van der Waals surface area contributed by atoms with Crippen LogP contribution in [0.2, 0.25) is 0 Å². The van der Waals surface area contributed by atoms with Crippen molar-refractivity contribution in [3.8, 4) is 11.3 Å². The second-order valence-corrected chi connectivity index (χ2v) is 5.98. The largest absolute Gasteiger partial charge is 0.441 e. The second-order valence-electron chi connectivity index (χ2n) is 5.98. The summed E-state index contributed by atoms with van der Waals surface area (Å²) in [7, 11) is 1.64. The van der Waals surface area contributed by atoms with Gasteiger partial charge in [0.2, 0.25) is 5.91 Å². The number of nitrogens with one attached hydrogen (secondary N) is 1. The highest BCUT2D eigenvalue weighted by molar-refractivity contribution is 5.91. The molecule has 0 atom stereocenters. The number of anilines is 1. The smallest absolute Gasteiger partial charge is 0.224 e. The van der Waals surface area contributed by atoms with E-state index in [0.29, 0.717) is 31.8 Å². The molecular formula is C21H22N2O3. The van der Waals surface area contributed by atoms with Gasteiger partial charge in [-0.15, -0.1) is 0 Å². The van der Waals surface area contributed by atoms with Crippen LogP contribution in [0.4, 0.5) is 5.69 Å². The minimum Gasteiger partial charge on any atom is -0.441 e. The van der Waals surface area contributed by atoms with E-state index < -0.39 is 0 Å². The van der Waals surface area contributed by atoms with Crippen molar-refractivity contribution in [2.75, 3.05) is 12.4 Å². The highest BCUT2D eigenvalue weighted by atomic mass is 16.5. The quantitative estimate of drug-likeness (QED) is 0.652. The standard InChI is InChI=1S/C21H22N2O3/c1-25-15-17-10-5-6-11-18(17)23-20(24)12-7-13-21-22-14-19(26-21)16-8-3-2-4-9-16/h2-6,8-11,14H,7,12-13,15H2,1H3,(H,23,24). The zero-order chi connectivity index (χ0) is 18.2. The summed E-state index contributed by atoms with van der Waals surface area (Å²) in [6.07, 6.45) is 3.43. The first-order valence-corrected chi connectivity index (χ1v) is 8.63. The van der Waals surface area contributed by atoms with Crippen molar-refractivity contribution in [2.24, 2.45) is 0 Å². The second kappa shape index (κ2) is 8.97. The van der Waals surface area contributed by atoms with Gasteiger partial charge >= 0.3 is 0 Å². The van der Waals surface area contributed by atoms with E-state index in [4.69, 9.17) is 9.15 Å². The van der Waals surface area contributed by atoms with Gasteiger partial charge in [0.15, 0.2) is 11.7 Å². The summed E-state index contributed by atoms with van der Waals surface area (Å²) in [6, 6.07) is 17.5. The third-order valence-electron chi connectivity index (χ3n) is 4.00. The molecule has 1 N–H and O–H groups in total. The third kappa shape index (κ3) is 4.80. The van der Waals surface area contributed by atoms with E-state index in [0.717, 1.165) is 22.6 Å². The Balaban J connectivity index is 1.49. The van der Waals surface area contributed by atoms with Crippen LogP contribution in [0.25, 0.3) is 11.3 Å². The number of carbonyl (C=O) groups is 1. The summed E-state index contributed by atoms with van der Waals surface area (Å²) in [5.74, 6) is 1.37. The monoisotopic (exact) mass is 350 g/mol. The van der Waals surface area contributed by atoms with Gasteiger partial charge in [-0.3, -0.25) is 4.79 Å². The topological polar surface area (TPSA) is 64.4 Å². The molecule has 5 nitrogen and oxygen atoms in total. The number of hydrogen-bond acceptors (Lipinski definition) is 4. The van der Waals surface area contributed by atoms with Crippen LogP contribution >= 0.6 is 0 Å². The van der Waals surface area contributed by atoms with E-state index in [1.165, 1.54) is 0 Å². The molecule has 26 heavy (non-hydrogen) atoms. The van der Waals surface area contributed by atoms with Gasteiger partial charge < -0.3 is 14.5 Å². The van der Waals surface area contributed by atoms with Crippen LogP contribution < -0.4 is 5.32 Å². The van der Waals surface area contributed by atoms with Gasteiger partial charge in [0, 0.05) is 36.8 Å². The first-order valence-electron chi connectivity index (χ1n) is 8.63. The van der Waals surface area contributed by atoms with Gasteiger partial charge in [-0.2, -0.15) is 0 Å². The molecule has 1 aromatic heterocycles. The van der Waals surface area contributed by atoms with Gasteiger partial charge in [-0.05, 0) is 12.5 Å². The molecule has 3 rings (SSSR count). The number of carbonyl (C=O) groups excluding carboxylic acids is 1. The lowest BCUT2D eigenvalue weighted by Crippen LogP contribution is -2.13. The number of methoxy groups -OCH3 is 1. The number of aromatic nitrogens is 1. The highest BCUT2D eigenvalue weighted by Crippen LogP contribution is 2.21. The lowest BCUT2D eigenvalue weighted by molar-refractivity contribution is -0.116. The van der Waals surface area contributed by atoms with Crippen molar-refractivity contribution in [1.29, 1.82) is 0 Å². The lowest BCUT2D eigenvalue weighted by atomic mass is 10.1. The van der Waals surface area contributed by atoms with Crippen LogP contribution in [0, 0.1) is 0 Å². The first-order chi connectivity index (χ1) is 12.8. The first kappa shape index (κ1) is 17.9. The van der Waals surface area contributed by atoms with Crippen LogP contribution in [-0.4, -0.2) is 18.0 Å². The molecule has 0 bridgehead atoms. The van der Waals surface area contributed by atoms with E-state index >= 15 is 0 Å². The van der Waals surface area contributed by atoms with Crippen molar-refractivity contribution < 1.29 is 13.9 Å². The number of amides is 1. The van der Waals surface area contributed by atoms with Gasteiger partial charge in [-0.1, -0.05) is 48.5 Å². The average molecular weight is 350 g/mol. The number of rotatable bonds is 8. The predicted molar refractivity (Wildman–Crippen MR) is 101 cm³/mol. The molecular weight excluding hydrogens is 328 g/mol. The van der Waals surface area contributed by atoms with E-state index in [9.17, 15) is 4.79 Å². The Hall–Kier alpha value is -2.92. The van der Waals surface area contributed by atoms with Crippen LogP contribution in [-0.2, 0) is 22.6 Å². The SMILES string of the molecule is COCc1ccccc1NC(=O)CCCc1ncc(-c2ccccc2)o1. The van der Waals surface area contributed by atoms with Crippen LogP contribution in [0.3, 0.4) is 0 Å². The number of benzene rings is 2. The summed E-state index contributed by atoms with van der Waals surface area (Å²) in [6.45, 7) is 0.467. The molecule has 1 amide bonds. The van der Waals surface area contributed by atoms with Crippen molar-refractivity contribution in [2.45, 2.75) is 25.9 Å². The average Bonchev–Trinajstić information content (AvgIpc) is 3.13. The number of para-hydroxylation sites is 1. The third-order valence-corrected chi connectivity index (χ3v) is 4.00. The van der Waals surface area contributed by atoms with E-state index in [2.05, 4.69) is 10.3 Å². The maximum atomic E-state index is 12.2. The zero-order valence-corrected chi connectivity index (χ0v) is 14.8. The zero-order valence-electron chi connectivity index (χ0n) is 14.8. The summed E-state index contributed by atoms with van der Waals surface area (Å²) < 4.78 is 10.9. The Kier molecular flexibility index (Phi) is 6.17. The summed E-state index contributed by atoms with van der Waals surface area (Å²) in [5, 5.41) is 2.94. The molecule has 0 aliphatic heterocycles. The summed E-state index contributed by atoms with van der Waals surface area (Å²) in [5.41, 5.74) is 2.75. The van der Waals surface area contributed by atoms with Crippen LogP contribution in [0.5, 0.6) is 0 Å². The molecule has 0 fully saturated rings. The Morgan fingerprint density at radius 2 is 1.88 bits per heavy atom. The van der Waals surface area contributed by atoms with E-state index in [1.54, 1.807) is 13.3 Å². The molecule has 0 radical (unpaired) electrons. The normalized spacial score (nSPS) is 10.7. The van der Waals surface area contributed by atoms with Gasteiger partial charge in [0.25, 0.3) is 0 Å². The minimum atomic E-state index is -0.0246. The number of ether oxygens (including phenoxy) is 1. The molecule has 5 heteroatoms. The summed E-state index contributed by atoms with van der Waals surface area (Å²) in [4.78, 5) is 16.5. The molecule has 0 aliphatic carbocycles. The number of nitrogens with zero attached hydrogens (tertiary/aromatic N) is 1. The molecule has 0 unspecified atom stereocenters. The lowest BCUT2D eigenvalue weighted by Gasteiger charge is -2.10. The highest BCUT2D eigenvalue weighted by Gasteiger charge is 2.09. The fourth-order valence-corrected chi connectivity index (χ4v) is 2.70. The fourth-order valence-electron chi connectivity index (χ4n) is 2.70. The Morgan fingerprint density at radius 1 is 1.12 bits per heavy atom. The Bertz CT molecular complexity index is 843. The number of hydrogen-bond donors (Lipinski definition) is 1. The molecule has 0 aliphatic rings.